The highest BCUT2D eigenvalue weighted by atomic mass is 16.5. The smallest absolute Gasteiger partial charge is 0.228 e. The number of imidazole rings is 1. The Labute approximate surface area is 193 Å². The molecule has 2 aliphatic rings. The fraction of sp³-hybridized carbons (Fsp3) is 0.400. The van der Waals surface area contributed by atoms with Crippen molar-refractivity contribution in [2.75, 3.05) is 26.3 Å². The number of hydrogen-bond donors (Lipinski definition) is 3. The normalized spacial score (nSPS) is 25.3. The second-order valence-electron chi connectivity index (χ2n) is 8.69. The summed E-state index contributed by atoms with van der Waals surface area (Å²) in [7, 11) is 0. The highest BCUT2D eigenvalue weighted by molar-refractivity contribution is 5.80. The SMILES string of the molecule is O=C([C@H]1C[C@@H](NCc2ccncc2)[C@H](c2cnc(-c3ccccc3)[nH]2)[C@@H]1O)N1CCOCC1. The van der Waals surface area contributed by atoms with Crippen molar-refractivity contribution in [3.05, 3.63) is 72.3 Å². The molecule has 1 aromatic carbocycles. The topological polar surface area (TPSA) is 103 Å². The molecule has 2 aromatic heterocycles. The Morgan fingerprint density at radius 3 is 2.67 bits per heavy atom. The molecular formula is C25H29N5O3. The molecule has 3 N–H and O–H groups in total. The zero-order valence-corrected chi connectivity index (χ0v) is 18.4. The van der Waals surface area contributed by atoms with Crippen LogP contribution in [0.15, 0.2) is 61.1 Å². The molecule has 172 valence electrons. The maximum Gasteiger partial charge on any atom is 0.228 e. The molecule has 4 atom stereocenters. The van der Waals surface area contributed by atoms with Crippen LogP contribution in [0.1, 0.15) is 23.6 Å². The summed E-state index contributed by atoms with van der Waals surface area (Å²) in [5.41, 5.74) is 2.93. The van der Waals surface area contributed by atoms with E-state index >= 15 is 0 Å². The van der Waals surface area contributed by atoms with Crippen molar-refractivity contribution in [1.29, 1.82) is 0 Å². The molecule has 3 heterocycles. The lowest BCUT2D eigenvalue weighted by Crippen LogP contribution is -2.45. The second kappa shape index (κ2) is 9.82. The minimum Gasteiger partial charge on any atom is -0.392 e. The molecule has 1 saturated carbocycles. The lowest BCUT2D eigenvalue weighted by molar-refractivity contribution is -0.142. The van der Waals surface area contributed by atoms with Gasteiger partial charge in [-0.2, -0.15) is 0 Å². The third-order valence-corrected chi connectivity index (χ3v) is 6.68. The van der Waals surface area contributed by atoms with Crippen molar-refractivity contribution in [3.63, 3.8) is 0 Å². The van der Waals surface area contributed by atoms with Crippen LogP contribution < -0.4 is 5.32 Å². The first-order valence-corrected chi connectivity index (χ1v) is 11.5. The van der Waals surface area contributed by atoms with E-state index in [0.29, 0.717) is 39.3 Å². The predicted octanol–water partition coefficient (Wildman–Crippen LogP) is 1.95. The van der Waals surface area contributed by atoms with Gasteiger partial charge in [0.25, 0.3) is 0 Å². The van der Waals surface area contributed by atoms with Crippen molar-refractivity contribution in [3.8, 4) is 11.4 Å². The number of rotatable bonds is 6. The lowest BCUT2D eigenvalue weighted by atomic mass is 9.95. The van der Waals surface area contributed by atoms with Crippen LogP contribution in [0.2, 0.25) is 0 Å². The van der Waals surface area contributed by atoms with Gasteiger partial charge < -0.3 is 25.0 Å². The van der Waals surface area contributed by atoms with Crippen LogP contribution in [0, 0.1) is 5.92 Å². The maximum atomic E-state index is 13.3. The van der Waals surface area contributed by atoms with Gasteiger partial charge in [-0.15, -0.1) is 0 Å². The number of H-pyrrole nitrogens is 1. The molecule has 5 rings (SSSR count). The van der Waals surface area contributed by atoms with Gasteiger partial charge in [-0.1, -0.05) is 30.3 Å². The molecule has 3 aromatic rings. The molecule has 0 spiro atoms. The van der Waals surface area contributed by atoms with E-state index in [4.69, 9.17) is 4.74 Å². The number of aromatic nitrogens is 3. The number of benzene rings is 1. The number of aliphatic hydroxyl groups is 1. The Hall–Kier alpha value is -3.07. The number of carbonyl (C=O) groups is 1. The fourth-order valence-electron chi connectivity index (χ4n) is 4.92. The Morgan fingerprint density at radius 2 is 1.91 bits per heavy atom. The summed E-state index contributed by atoms with van der Waals surface area (Å²) in [5, 5.41) is 15.0. The van der Waals surface area contributed by atoms with Crippen molar-refractivity contribution in [1.82, 2.24) is 25.2 Å². The quantitative estimate of drug-likeness (QED) is 0.534. The number of nitrogens with one attached hydrogen (secondary N) is 2. The molecular weight excluding hydrogens is 418 g/mol. The molecule has 8 nitrogen and oxygen atoms in total. The summed E-state index contributed by atoms with van der Waals surface area (Å²) in [6, 6.07) is 13.8. The highest BCUT2D eigenvalue weighted by Crippen LogP contribution is 2.40. The zero-order chi connectivity index (χ0) is 22.6. The number of hydrogen-bond acceptors (Lipinski definition) is 6. The van der Waals surface area contributed by atoms with E-state index in [1.54, 1.807) is 18.6 Å². The van der Waals surface area contributed by atoms with Crippen molar-refractivity contribution >= 4 is 5.91 Å². The van der Waals surface area contributed by atoms with Crippen LogP contribution in [0.25, 0.3) is 11.4 Å². The number of aliphatic hydroxyl groups excluding tert-OH is 1. The van der Waals surface area contributed by atoms with E-state index in [-0.39, 0.29) is 17.9 Å². The Kier molecular flexibility index (Phi) is 6.48. The molecule has 1 aliphatic carbocycles. The maximum absolute atomic E-state index is 13.3. The van der Waals surface area contributed by atoms with Crippen molar-refractivity contribution < 1.29 is 14.6 Å². The molecule has 2 fully saturated rings. The molecule has 0 unspecified atom stereocenters. The first-order chi connectivity index (χ1) is 16.2. The number of amides is 1. The zero-order valence-electron chi connectivity index (χ0n) is 18.4. The van der Waals surface area contributed by atoms with Crippen LogP contribution in [-0.2, 0) is 16.1 Å². The van der Waals surface area contributed by atoms with E-state index in [0.717, 1.165) is 22.6 Å². The van der Waals surface area contributed by atoms with E-state index < -0.39 is 12.0 Å². The third-order valence-electron chi connectivity index (χ3n) is 6.68. The number of pyridine rings is 1. The molecule has 33 heavy (non-hydrogen) atoms. The lowest BCUT2D eigenvalue weighted by Gasteiger charge is -2.30. The molecule has 0 bridgehead atoms. The number of aromatic amines is 1. The molecule has 1 amide bonds. The molecule has 0 radical (unpaired) electrons. The van der Waals surface area contributed by atoms with Crippen LogP contribution in [0.3, 0.4) is 0 Å². The van der Waals surface area contributed by atoms with E-state index in [1.807, 2.05) is 47.4 Å². The van der Waals surface area contributed by atoms with Gasteiger partial charge in [0.15, 0.2) is 0 Å². The van der Waals surface area contributed by atoms with Gasteiger partial charge in [0.1, 0.15) is 5.82 Å². The number of morpholine rings is 1. The van der Waals surface area contributed by atoms with Crippen LogP contribution in [0.4, 0.5) is 0 Å². The largest absolute Gasteiger partial charge is 0.392 e. The summed E-state index contributed by atoms with van der Waals surface area (Å²) in [4.78, 5) is 27.1. The minimum atomic E-state index is -0.806. The Morgan fingerprint density at radius 1 is 1.15 bits per heavy atom. The standard InChI is InChI=1S/C25H29N5O3/c31-23-19(25(32)30-10-12-33-13-11-30)14-20(27-15-17-6-8-26-9-7-17)22(23)21-16-28-24(29-21)18-4-2-1-3-5-18/h1-9,16,19-20,22-23,27,31H,10-15H2,(H,28,29)/t19-,20+,22+,23+/m0/s1. The van der Waals surface area contributed by atoms with Gasteiger partial charge in [0.05, 0.1) is 25.2 Å². The van der Waals surface area contributed by atoms with Crippen LogP contribution in [-0.4, -0.2) is 69.3 Å². The minimum absolute atomic E-state index is 0.00630. The second-order valence-corrected chi connectivity index (χ2v) is 8.69. The molecule has 8 heteroatoms. The summed E-state index contributed by atoms with van der Waals surface area (Å²) >= 11 is 0. The van der Waals surface area contributed by atoms with Crippen LogP contribution in [0.5, 0.6) is 0 Å². The van der Waals surface area contributed by atoms with Gasteiger partial charge in [-0.05, 0) is 24.1 Å². The number of ether oxygens (including phenoxy) is 1. The first-order valence-electron chi connectivity index (χ1n) is 11.5. The summed E-state index contributed by atoms with van der Waals surface area (Å²) in [6.07, 6.45) is 5.08. The molecule has 1 saturated heterocycles. The predicted molar refractivity (Wildman–Crippen MR) is 123 cm³/mol. The van der Waals surface area contributed by atoms with Gasteiger partial charge >= 0.3 is 0 Å². The average Bonchev–Trinajstić information content (AvgIpc) is 3.48. The average molecular weight is 448 g/mol. The van der Waals surface area contributed by atoms with E-state index in [1.165, 1.54) is 0 Å². The number of carbonyl (C=O) groups excluding carboxylic acids is 1. The van der Waals surface area contributed by atoms with Gasteiger partial charge in [0.2, 0.25) is 5.91 Å². The fourth-order valence-corrected chi connectivity index (χ4v) is 4.92. The van der Waals surface area contributed by atoms with Gasteiger partial charge in [-0.25, -0.2) is 4.98 Å². The highest BCUT2D eigenvalue weighted by Gasteiger charge is 2.48. The summed E-state index contributed by atoms with van der Waals surface area (Å²) in [6.45, 7) is 2.87. The number of nitrogens with zero attached hydrogens (tertiary/aromatic N) is 3. The monoisotopic (exact) mass is 447 g/mol. The van der Waals surface area contributed by atoms with Crippen LogP contribution >= 0.6 is 0 Å². The van der Waals surface area contributed by atoms with Gasteiger partial charge in [-0.3, -0.25) is 9.78 Å². The summed E-state index contributed by atoms with van der Waals surface area (Å²) in [5.74, 6) is 0.0266. The van der Waals surface area contributed by atoms with Crippen molar-refractivity contribution in [2.24, 2.45) is 5.92 Å². The molecule has 1 aliphatic heterocycles. The van der Waals surface area contributed by atoms with E-state index in [2.05, 4.69) is 20.3 Å². The third kappa shape index (κ3) is 4.68. The van der Waals surface area contributed by atoms with Crippen molar-refractivity contribution in [2.45, 2.75) is 31.0 Å². The Bertz CT molecular complexity index is 1050. The first kappa shape index (κ1) is 21.8. The summed E-state index contributed by atoms with van der Waals surface area (Å²) < 4.78 is 5.40. The Balaban J connectivity index is 1.39. The van der Waals surface area contributed by atoms with Gasteiger partial charge in [0, 0.05) is 61.4 Å². The van der Waals surface area contributed by atoms with E-state index in [9.17, 15) is 9.90 Å².